The Balaban J connectivity index is 2.78. The molecule has 1 unspecified atom stereocenters. The van der Waals surface area contributed by atoms with Crippen molar-refractivity contribution in [3.8, 4) is 5.75 Å². The van der Waals surface area contributed by atoms with Gasteiger partial charge >= 0.3 is 11.7 Å². The molecule has 0 spiro atoms. The molecule has 1 amide bonds. The highest BCUT2D eigenvalue weighted by Crippen LogP contribution is 2.25. The first kappa shape index (κ1) is 25.9. The fourth-order valence-electron chi connectivity index (χ4n) is 2.80. The Morgan fingerprint density at radius 2 is 2.00 bits per heavy atom. The van der Waals surface area contributed by atoms with Crippen molar-refractivity contribution in [2.75, 3.05) is 7.11 Å². The van der Waals surface area contributed by atoms with E-state index < -0.39 is 17.5 Å². The molecular formula is C24H33NO6. The van der Waals surface area contributed by atoms with Gasteiger partial charge in [-0.15, -0.1) is 0 Å². The van der Waals surface area contributed by atoms with Gasteiger partial charge in [-0.1, -0.05) is 51.0 Å². The molecule has 1 aromatic rings. The van der Waals surface area contributed by atoms with E-state index in [9.17, 15) is 19.5 Å². The Hall–Kier alpha value is -3.09. The highest BCUT2D eigenvalue weighted by Gasteiger charge is 2.21. The zero-order valence-electron chi connectivity index (χ0n) is 18.8. The molecule has 0 bridgehead atoms. The second kappa shape index (κ2) is 14.0. The Morgan fingerprint density at radius 1 is 1.26 bits per heavy atom. The van der Waals surface area contributed by atoms with Crippen molar-refractivity contribution in [2.45, 2.75) is 65.2 Å². The monoisotopic (exact) mass is 431 g/mol. The summed E-state index contributed by atoms with van der Waals surface area (Å²) in [6.45, 7) is 5.58. The molecule has 0 saturated heterocycles. The first-order valence-electron chi connectivity index (χ1n) is 10.6. The summed E-state index contributed by atoms with van der Waals surface area (Å²) in [7, 11) is 1.27. The SMILES string of the molecule is CCCCC/C=C/C=C(\C)C(=O)c1c(O)cc(C(C)CC/C=C/NC(=O)OC)oc1=O. The number of ether oxygens (including phenoxy) is 1. The Labute approximate surface area is 183 Å². The number of amides is 1. The summed E-state index contributed by atoms with van der Waals surface area (Å²) in [5.74, 6) is -0.815. The average Bonchev–Trinajstić information content (AvgIpc) is 2.74. The number of ketones is 1. The van der Waals surface area contributed by atoms with Crippen LogP contribution in [0.2, 0.25) is 0 Å². The van der Waals surface area contributed by atoms with Gasteiger partial charge in [-0.05, 0) is 38.2 Å². The molecule has 7 heteroatoms. The molecule has 7 nitrogen and oxygen atoms in total. The fraction of sp³-hybridized carbons (Fsp3) is 0.458. The van der Waals surface area contributed by atoms with E-state index in [-0.39, 0.29) is 17.2 Å². The second-order valence-corrected chi connectivity index (χ2v) is 7.32. The summed E-state index contributed by atoms with van der Waals surface area (Å²) >= 11 is 0. The van der Waals surface area contributed by atoms with Gasteiger partial charge in [0.2, 0.25) is 0 Å². The minimum absolute atomic E-state index is 0.173. The molecule has 2 N–H and O–H groups in total. The van der Waals surface area contributed by atoms with E-state index in [2.05, 4.69) is 17.0 Å². The molecule has 0 fully saturated rings. The third-order valence-electron chi connectivity index (χ3n) is 4.75. The van der Waals surface area contributed by atoms with Gasteiger partial charge < -0.3 is 14.3 Å². The Morgan fingerprint density at radius 3 is 2.65 bits per heavy atom. The van der Waals surface area contributed by atoms with Gasteiger partial charge in [0.1, 0.15) is 17.1 Å². The van der Waals surface area contributed by atoms with Crippen molar-refractivity contribution in [3.05, 3.63) is 63.9 Å². The first-order chi connectivity index (χ1) is 14.8. The maximum Gasteiger partial charge on any atom is 0.410 e. The molecule has 170 valence electrons. The first-order valence-corrected chi connectivity index (χ1v) is 10.6. The lowest BCUT2D eigenvalue weighted by Crippen LogP contribution is -2.16. The predicted octanol–water partition coefficient (Wildman–Crippen LogP) is 5.36. The van der Waals surface area contributed by atoms with E-state index in [1.54, 1.807) is 25.2 Å². The van der Waals surface area contributed by atoms with Crippen LogP contribution in [0.4, 0.5) is 4.79 Å². The second-order valence-electron chi connectivity index (χ2n) is 7.32. The van der Waals surface area contributed by atoms with Crippen molar-refractivity contribution in [1.29, 1.82) is 0 Å². The number of hydrogen-bond acceptors (Lipinski definition) is 6. The molecule has 1 rings (SSSR count). The standard InChI is InChI=1S/C24H33NO6/c1-5-6-7-8-9-10-14-18(3)22(27)21-19(26)16-20(31-23(21)28)17(2)13-11-12-15-25-24(29)30-4/h9-10,12,14-17,26H,5-8,11,13H2,1-4H3,(H,25,29)/b10-9+,15-12+,18-14+. The third-order valence-corrected chi connectivity index (χ3v) is 4.75. The van der Waals surface area contributed by atoms with Crippen LogP contribution in [0.1, 0.15) is 81.3 Å². The van der Waals surface area contributed by atoms with Gasteiger partial charge in [0, 0.05) is 18.2 Å². The van der Waals surface area contributed by atoms with E-state index in [0.717, 1.165) is 25.7 Å². The van der Waals surface area contributed by atoms with E-state index in [0.29, 0.717) is 24.2 Å². The summed E-state index contributed by atoms with van der Waals surface area (Å²) < 4.78 is 9.76. The lowest BCUT2D eigenvalue weighted by Gasteiger charge is -2.11. The minimum Gasteiger partial charge on any atom is -0.507 e. The van der Waals surface area contributed by atoms with Crippen LogP contribution in [0.25, 0.3) is 0 Å². The summed E-state index contributed by atoms with van der Waals surface area (Å²) in [5.41, 5.74) is -0.862. The van der Waals surface area contributed by atoms with Crippen LogP contribution in [0, 0.1) is 0 Å². The molecule has 1 aromatic heterocycles. The van der Waals surface area contributed by atoms with Crippen LogP contribution in [-0.4, -0.2) is 24.1 Å². The number of methoxy groups -OCH3 is 1. The summed E-state index contributed by atoms with van der Waals surface area (Å²) in [6.07, 6.45) is 13.6. The van der Waals surface area contributed by atoms with Crippen LogP contribution < -0.4 is 10.9 Å². The van der Waals surface area contributed by atoms with Gasteiger partial charge in [0.15, 0.2) is 5.78 Å². The normalized spacial score (nSPS) is 13.0. The van der Waals surface area contributed by atoms with Crippen LogP contribution in [0.15, 0.2) is 51.4 Å². The molecule has 1 heterocycles. The molecule has 1 atom stereocenters. The molecule has 0 radical (unpaired) electrons. The zero-order chi connectivity index (χ0) is 23.2. The number of carbonyl (C=O) groups is 2. The number of allylic oxidation sites excluding steroid dienone is 5. The van der Waals surface area contributed by atoms with Gasteiger partial charge in [-0.25, -0.2) is 9.59 Å². The molecule has 0 aliphatic heterocycles. The average molecular weight is 432 g/mol. The number of aromatic hydroxyl groups is 1. The van der Waals surface area contributed by atoms with Gasteiger partial charge in [-0.2, -0.15) is 0 Å². The topological polar surface area (TPSA) is 106 Å². The zero-order valence-corrected chi connectivity index (χ0v) is 18.8. The Bertz CT molecular complexity index is 879. The fourth-order valence-corrected chi connectivity index (χ4v) is 2.80. The number of carbonyl (C=O) groups excluding carboxylic acids is 2. The molecule has 0 aromatic carbocycles. The largest absolute Gasteiger partial charge is 0.507 e. The predicted molar refractivity (Wildman–Crippen MR) is 120 cm³/mol. The maximum atomic E-state index is 12.6. The highest BCUT2D eigenvalue weighted by molar-refractivity contribution is 6.09. The van der Waals surface area contributed by atoms with E-state index in [1.807, 2.05) is 13.0 Å². The summed E-state index contributed by atoms with van der Waals surface area (Å²) in [4.78, 5) is 35.9. The van der Waals surface area contributed by atoms with Crippen molar-refractivity contribution >= 4 is 11.9 Å². The van der Waals surface area contributed by atoms with Crippen LogP contribution in [-0.2, 0) is 4.74 Å². The van der Waals surface area contributed by atoms with Gasteiger partial charge in [0.25, 0.3) is 0 Å². The number of hydrogen-bond donors (Lipinski definition) is 2. The lowest BCUT2D eigenvalue weighted by molar-refractivity contribution is 0.102. The smallest absolute Gasteiger partial charge is 0.410 e. The molecule has 31 heavy (non-hydrogen) atoms. The minimum atomic E-state index is -0.852. The van der Waals surface area contributed by atoms with Gasteiger partial charge in [0.05, 0.1) is 7.11 Å². The van der Waals surface area contributed by atoms with Gasteiger partial charge in [-0.3, -0.25) is 10.1 Å². The van der Waals surface area contributed by atoms with Crippen molar-refractivity contribution in [2.24, 2.45) is 0 Å². The van der Waals surface area contributed by atoms with Crippen LogP contribution >= 0.6 is 0 Å². The lowest BCUT2D eigenvalue weighted by atomic mass is 10.00. The maximum absolute atomic E-state index is 12.6. The number of unbranched alkanes of at least 4 members (excludes halogenated alkanes) is 3. The van der Waals surface area contributed by atoms with Crippen molar-refractivity contribution in [1.82, 2.24) is 5.32 Å². The van der Waals surface area contributed by atoms with Crippen molar-refractivity contribution < 1.29 is 23.8 Å². The van der Waals surface area contributed by atoms with Crippen LogP contribution in [0.5, 0.6) is 5.75 Å². The quantitative estimate of drug-likeness (QED) is 0.200. The number of alkyl carbamates (subject to hydrolysis) is 1. The molecule has 0 aliphatic rings. The molecule has 0 aliphatic carbocycles. The Kier molecular flexibility index (Phi) is 11.7. The number of nitrogens with one attached hydrogen (secondary N) is 1. The molecule has 0 saturated carbocycles. The van der Waals surface area contributed by atoms with E-state index in [4.69, 9.17) is 4.42 Å². The van der Waals surface area contributed by atoms with Crippen molar-refractivity contribution in [3.63, 3.8) is 0 Å². The summed E-state index contributed by atoms with van der Waals surface area (Å²) in [5, 5.41) is 12.7. The third kappa shape index (κ3) is 9.07. The van der Waals surface area contributed by atoms with E-state index >= 15 is 0 Å². The molecular weight excluding hydrogens is 398 g/mol. The summed E-state index contributed by atoms with van der Waals surface area (Å²) in [6, 6.07) is 1.32. The number of rotatable bonds is 12. The van der Waals surface area contributed by atoms with Crippen LogP contribution in [0.3, 0.4) is 0 Å². The number of Topliss-reactive ketones (excluding diaryl/α,β-unsaturated/α-hetero) is 1. The highest BCUT2D eigenvalue weighted by atomic mass is 16.5. The van der Waals surface area contributed by atoms with E-state index in [1.165, 1.54) is 19.4 Å².